The summed E-state index contributed by atoms with van der Waals surface area (Å²) in [6, 6.07) is 4.70. The minimum Gasteiger partial charge on any atom is -0.389 e. The molecule has 1 fully saturated rings. The standard InChI is InChI=1S/C16H23ClFNO/c1-19(2)11-12-6-3-4-9-16(12,20)10-13-14(17)7-5-8-15(13)18/h5,7-8,12,20H,3-4,6,9-11H2,1-2H3/t12-,16-/m0/s1. The quantitative estimate of drug-likeness (QED) is 0.920. The summed E-state index contributed by atoms with van der Waals surface area (Å²) in [4.78, 5) is 2.09. The molecule has 0 radical (unpaired) electrons. The summed E-state index contributed by atoms with van der Waals surface area (Å²) in [6.45, 7) is 0.822. The van der Waals surface area contributed by atoms with E-state index in [-0.39, 0.29) is 11.7 Å². The largest absolute Gasteiger partial charge is 0.389 e. The first kappa shape index (κ1) is 15.7. The molecule has 1 aliphatic carbocycles. The minimum absolute atomic E-state index is 0.168. The second-order valence-electron chi connectivity index (χ2n) is 6.19. The zero-order valence-corrected chi connectivity index (χ0v) is 13.0. The number of hydrogen-bond donors (Lipinski definition) is 1. The number of rotatable bonds is 4. The van der Waals surface area contributed by atoms with E-state index in [0.29, 0.717) is 17.0 Å². The van der Waals surface area contributed by atoms with Gasteiger partial charge in [-0.15, -0.1) is 0 Å². The molecule has 0 heterocycles. The Bertz CT molecular complexity index is 446. The molecule has 0 amide bonds. The zero-order chi connectivity index (χ0) is 14.8. The van der Waals surface area contributed by atoms with Crippen LogP contribution in [-0.4, -0.2) is 36.2 Å². The highest BCUT2D eigenvalue weighted by Crippen LogP contribution is 2.38. The van der Waals surface area contributed by atoms with E-state index in [1.165, 1.54) is 6.07 Å². The van der Waals surface area contributed by atoms with E-state index in [1.54, 1.807) is 12.1 Å². The van der Waals surface area contributed by atoms with Crippen LogP contribution >= 0.6 is 11.6 Å². The van der Waals surface area contributed by atoms with Gasteiger partial charge in [0.1, 0.15) is 5.82 Å². The molecule has 20 heavy (non-hydrogen) atoms. The molecule has 1 N–H and O–H groups in total. The first-order chi connectivity index (χ1) is 9.42. The van der Waals surface area contributed by atoms with E-state index in [1.807, 2.05) is 14.1 Å². The predicted octanol–water partition coefficient (Wildman–Crippen LogP) is 3.50. The van der Waals surface area contributed by atoms with Crippen molar-refractivity contribution in [2.24, 2.45) is 5.92 Å². The van der Waals surface area contributed by atoms with Gasteiger partial charge in [0.15, 0.2) is 0 Å². The van der Waals surface area contributed by atoms with Crippen LogP contribution in [-0.2, 0) is 6.42 Å². The molecule has 0 aliphatic heterocycles. The maximum atomic E-state index is 14.0. The summed E-state index contributed by atoms with van der Waals surface area (Å²) in [6.07, 6.45) is 4.13. The molecular weight excluding hydrogens is 277 g/mol. The number of aliphatic hydroxyl groups is 1. The van der Waals surface area contributed by atoms with Gasteiger partial charge in [0, 0.05) is 29.5 Å². The normalized spacial score (nSPS) is 27.0. The molecule has 4 heteroatoms. The lowest BCUT2D eigenvalue weighted by molar-refractivity contribution is -0.0557. The van der Waals surface area contributed by atoms with Gasteiger partial charge >= 0.3 is 0 Å². The molecule has 2 atom stereocenters. The van der Waals surface area contributed by atoms with Crippen molar-refractivity contribution in [2.45, 2.75) is 37.7 Å². The third-order valence-electron chi connectivity index (χ3n) is 4.30. The van der Waals surface area contributed by atoms with Crippen molar-refractivity contribution in [2.75, 3.05) is 20.6 Å². The van der Waals surface area contributed by atoms with Crippen LogP contribution in [0.1, 0.15) is 31.2 Å². The number of halogens is 2. The van der Waals surface area contributed by atoms with Gasteiger partial charge in [0.2, 0.25) is 0 Å². The molecule has 0 unspecified atom stereocenters. The molecular formula is C16H23ClFNO. The number of nitrogens with zero attached hydrogens (tertiary/aromatic N) is 1. The highest BCUT2D eigenvalue weighted by atomic mass is 35.5. The average Bonchev–Trinajstić information content (AvgIpc) is 2.37. The Morgan fingerprint density at radius 1 is 1.40 bits per heavy atom. The van der Waals surface area contributed by atoms with Crippen molar-refractivity contribution in [3.63, 3.8) is 0 Å². The molecule has 1 aromatic rings. The van der Waals surface area contributed by atoms with Crippen LogP contribution in [0.15, 0.2) is 18.2 Å². The van der Waals surface area contributed by atoms with Gasteiger partial charge in [-0.1, -0.05) is 30.5 Å². The molecule has 1 aromatic carbocycles. The number of benzene rings is 1. The monoisotopic (exact) mass is 299 g/mol. The van der Waals surface area contributed by atoms with E-state index in [2.05, 4.69) is 4.90 Å². The predicted molar refractivity (Wildman–Crippen MR) is 80.6 cm³/mol. The Hall–Kier alpha value is -0.640. The second kappa shape index (κ2) is 6.42. The topological polar surface area (TPSA) is 23.5 Å². The van der Waals surface area contributed by atoms with Crippen LogP contribution in [0.4, 0.5) is 4.39 Å². The van der Waals surface area contributed by atoms with Crippen LogP contribution in [0.2, 0.25) is 5.02 Å². The molecule has 2 rings (SSSR count). The van der Waals surface area contributed by atoms with Crippen molar-refractivity contribution >= 4 is 11.6 Å². The fourth-order valence-electron chi connectivity index (χ4n) is 3.24. The van der Waals surface area contributed by atoms with E-state index >= 15 is 0 Å². The summed E-state index contributed by atoms with van der Waals surface area (Å²) in [5, 5.41) is 11.4. The zero-order valence-electron chi connectivity index (χ0n) is 12.2. The average molecular weight is 300 g/mol. The lowest BCUT2D eigenvalue weighted by Gasteiger charge is -2.41. The van der Waals surface area contributed by atoms with Gasteiger partial charge in [0.05, 0.1) is 5.60 Å². The van der Waals surface area contributed by atoms with Crippen LogP contribution in [0.25, 0.3) is 0 Å². The van der Waals surface area contributed by atoms with E-state index < -0.39 is 5.60 Å². The molecule has 2 nitrogen and oxygen atoms in total. The molecule has 112 valence electrons. The molecule has 0 bridgehead atoms. The summed E-state index contributed by atoms with van der Waals surface area (Å²) in [7, 11) is 4.01. The third-order valence-corrected chi connectivity index (χ3v) is 4.66. The van der Waals surface area contributed by atoms with Crippen LogP contribution in [0, 0.1) is 11.7 Å². The van der Waals surface area contributed by atoms with Crippen LogP contribution in [0.3, 0.4) is 0 Å². The van der Waals surface area contributed by atoms with Crippen molar-refractivity contribution in [3.8, 4) is 0 Å². The Balaban J connectivity index is 2.23. The highest BCUT2D eigenvalue weighted by Gasteiger charge is 2.39. The van der Waals surface area contributed by atoms with Gasteiger partial charge in [-0.2, -0.15) is 0 Å². The van der Waals surface area contributed by atoms with Gasteiger partial charge in [-0.3, -0.25) is 0 Å². The summed E-state index contributed by atoms with van der Waals surface area (Å²) in [5.41, 5.74) is -0.406. The van der Waals surface area contributed by atoms with Crippen molar-refractivity contribution in [1.29, 1.82) is 0 Å². The highest BCUT2D eigenvalue weighted by molar-refractivity contribution is 6.31. The first-order valence-corrected chi connectivity index (χ1v) is 7.60. The van der Waals surface area contributed by atoms with Gasteiger partial charge in [-0.25, -0.2) is 4.39 Å². The Morgan fingerprint density at radius 3 is 2.80 bits per heavy atom. The Labute approximate surface area is 125 Å². The van der Waals surface area contributed by atoms with Gasteiger partial charge in [-0.05, 0) is 39.1 Å². The molecule has 1 aliphatic rings. The fourth-order valence-corrected chi connectivity index (χ4v) is 3.47. The van der Waals surface area contributed by atoms with Crippen LogP contribution < -0.4 is 0 Å². The second-order valence-corrected chi connectivity index (χ2v) is 6.59. The Kier molecular flexibility index (Phi) is 5.05. The van der Waals surface area contributed by atoms with Gasteiger partial charge in [0.25, 0.3) is 0 Å². The minimum atomic E-state index is -0.853. The van der Waals surface area contributed by atoms with Crippen molar-refractivity contribution in [1.82, 2.24) is 4.90 Å². The molecule has 0 aromatic heterocycles. The third kappa shape index (κ3) is 3.51. The van der Waals surface area contributed by atoms with E-state index in [9.17, 15) is 9.50 Å². The van der Waals surface area contributed by atoms with E-state index in [4.69, 9.17) is 11.6 Å². The molecule has 0 saturated heterocycles. The van der Waals surface area contributed by atoms with E-state index in [0.717, 1.165) is 32.2 Å². The fraction of sp³-hybridized carbons (Fsp3) is 0.625. The maximum Gasteiger partial charge on any atom is 0.127 e. The van der Waals surface area contributed by atoms with Gasteiger partial charge < -0.3 is 10.0 Å². The summed E-state index contributed by atoms with van der Waals surface area (Å²) < 4.78 is 14.0. The smallest absolute Gasteiger partial charge is 0.127 e. The summed E-state index contributed by atoms with van der Waals surface area (Å²) in [5.74, 6) is -0.151. The van der Waals surface area contributed by atoms with Crippen molar-refractivity contribution < 1.29 is 9.50 Å². The number of hydrogen-bond acceptors (Lipinski definition) is 2. The van der Waals surface area contributed by atoms with Crippen molar-refractivity contribution in [3.05, 3.63) is 34.6 Å². The Morgan fingerprint density at radius 2 is 2.15 bits per heavy atom. The van der Waals surface area contributed by atoms with Crippen LogP contribution in [0.5, 0.6) is 0 Å². The summed E-state index contributed by atoms with van der Waals surface area (Å²) >= 11 is 6.10. The molecule has 1 saturated carbocycles. The maximum absolute atomic E-state index is 14.0. The lowest BCUT2D eigenvalue weighted by atomic mass is 9.72. The molecule has 0 spiro atoms. The lowest BCUT2D eigenvalue weighted by Crippen LogP contribution is -2.47. The SMILES string of the molecule is CN(C)C[C@@H]1CCCC[C@]1(O)Cc1c(F)cccc1Cl. The first-order valence-electron chi connectivity index (χ1n) is 7.22.